The fourth-order valence-corrected chi connectivity index (χ4v) is 2.00. The van der Waals surface area contributed by atoms with Crippen LogP contribution >= 0.6 is 0 Å². The van der Waals surface area contributed by atoms with E-state index in [0.29, 0.717) is 0 Å². The number of benzene rings is 1. The van der Waals surface area contributed by atoms with Gasteiger partial charge in [0.15, 0.2) is 0 Å². The number of anilines is 1. The minimum Gasteiger partial charge on any atom is -0.392 e. The summed E-state index contributed by atoms with van der Waals surface area (Å²) in [7, 11) is 0. The van der Waals surface area contributed by atoms with Crippen molar-refractivity contribution < 1.29 is 9.90 Å². The summed E-state index contributed by atoms with van der Waals surface area (Å²) in [5.41, 5.74) is 2.70. The first kappa shape index (κ1) is 17.7. The van der Waals surface area contributed by atoms with Gasteiger partial charge in [-0.15, -0.1) is 0 Å². The number of nitrogens with zero attached hydrogens (tertiary/aromatic N) is 1. The topological polar surface area (TPSA) is 85.2 Å². The Balaban J connectivity index is 2.94. The van der Waals surface area contributed by atoms with E-state index in [1.165, 1.54) is 6.20 Å². The molecule has 0 saturated carbocycles. The maximum absolute atomic E-state index is 12.2. The van der Waals surface area contributed by atoms with Crippen LogP contribution in [-0.4, -0.2) is 23.7 Å². The maximum Gasteiger partial charge on any atom is 0.267 e. The Hall–Kier alpha value is -2.32. The van der Waals surface area contributed by atoms with Crippen LogP contribution in [0.25, 0.3) is 0 Å². The average molecular weight is 301 g/mol. The molecule has 0 aromatic heterocycles. The molecule has 0 aliphatic rings. The molecule has 1 unspecified atom stereocenters. The summed E-state index contributed by atoms with van der Waals surface area (Å²) in [4.78, 5) is 12.2. The van der Waals surface area contributed by atoms with E-state index < -0.39 is 12.0 Å². The number of hydrogen-bond acceptors (Lipinski definition) is 4. The number of nitriles is 1. The molecule has 22 heavy (non-hydrogen) atoms. The fourth-order valence-electron chi connectivity index (χ4n) is 2.00. The number of aliphatic hydroxyl groups excluding tert-OH is 1. The number of carbonyl (C=O) groups excluding carboxylic acids is 1. The van der Waals surface area contributed by atoms with Crippen LogP contribution in [0.5, 0.6) is 0 Å². The quantitative estimate of drug-likeness (QED) is 0.556. The molecule has 0 aliphatic heterocycles. The number of hydrogen-bond donors (Lipinski definition) is 3. The van der Waals surface area contributed by atoms with E-state index >= 15 is 0 Å². The first-order valence-corrected chi connectivity index (χ1v) is 7.29. The van der Waals surface area contributed by atoms with Gasteiger partial charge in [0, 0.05) is 18.4 Å². The van der Waals surface area contributed by atoms with Gasteiger partial charge in [0.05, 0.1) is 6.10 Å². The molecule has 0 bridgehead atoms. The zero-order valence-corrected chi connectivity index (χ0v) is 13.5. The maximum atomic E-state index is 12.2. The second-order valence-corrected chi connectivity index (χ2v) is 5.58. The third-order valence-electron chi connectivity index (χ3n) is 3.19. The molecule has 0 spiro atoms. The summed E-state index contributed by atoms with van der Waals surface area (Å²) in [6, 6.07) is 7.71. The van der Waals surface area contributed by atoms with Gasteiger partial charge in [0.25, 0.3) is 5.91 Å². The molecule has 1 atom stereocenters. The molecule has 5 nitrogen and oxygen atoms in total. The van der Waals surface area contributed by atoms with Gasteiger partial charge in [-0.25, -0.2) is 0 Å². The molecule has 0 heterocycles. The Labute approximate surface area is 131 Å². The number of rotatable bonds is 6. The fraction of sp³-hybridized carbons (Fsp3) is 0.412. The number of nitrogens with one attached hydrogen (secondary N) is 2. The van der Waals surface area contributed by atoms with Crippen LogP contribution in [0.2, 0.25) is 0 Å². The minimum atomic E-state index is -0.553. The summed E-state index contributed by atoms with van der Waals surface area (Å²) >= 11 is 0. The van der Waals surface area contributed by atoms with E-state index in [2.05, 4.69) is 24.5 Å². The molecule has 118 valence electrons. The van der Waals surface area contributed by atoms with E-state index in [9.17, 15) is 9.90 Å². The molecule has 1 aromatic carbocycles. The van der Waals surface area contributed by atoms with E-state index in [-0.39, 0.29) is 18.0 Å². The lowest BCUT2D eigenvalue weighted by molar-refractivity contribution is -0.112. The molecule has 3 N–H and O–H groups in total. The molecule has 0 saturated heterocycles. The summed E-state index contributed by atoms with van der Waals surface area (Å²) in [5, 5.41) is 23.9. The second-order valence-electron chi connectivity index (χ2n) is 5.58. The first-order chi connectivity index (χ1) is 10.4. The third kappa shape index (κ3) is 4.90. The van der Waals surface area contributed by atoms with Gasteiger partial charge in [0.1, 0.15) is 11.6 Å². The lowest BCUT2D eigenvalue weighted by atomic mass is 9.98. The van der Waals surface area contributed by atoms with E-state index in [4.69, 9.17) is 5.26 Å². The monoisotopic (exact) mass is 301 g/mol. The van der Waals surface area contributed by atoms with Gasteiger partial charge >= 0.3 is 0 Å². The minimum absolute atomic E-state index is 0.0291. The Morgan fingerprint density at radius 2 is 2.09 bits per heavy atom. The first-order valence-electron chi connectivity index (χ1n) is 7.29. The predicted octanol–water partition coefficient (Wildman–Crippen LogP) is 2.43. The van der Waals surface area contributed by atoms with Crippen LogP contribution < -0.4 is 10.6 Å². The number of para-hydroxylation sites is 1. The lowest BCUT2D eigenvalue weighted by Gasteiger charge is -2.16. The Kier molecular flexibility index (Phi) is 6.61. The predicted molar refractivity (Wildman–Crippen MR) is 87.3 cm³/mol. The average Bonchev–Trinajstić information content (AvgIpc) is 2.45. The highest BCUT2D eigenvalue weighted by Crippen LogP contribution is 2.27. The van der Waals surface area contributed by atoms with Gasteiger partial charge in [-0.2, -0.15) is 5.26 Å². The van der Waals surface area contributed by atoms with Crippen LogP contribution in [0, 0.1) is 18.3 Å². The van der Waals surface area contributed by atoms with E-state index in [1.807, 2.05) is 31.2 Å². The van der Waals surface area contributed by atoms with Crippen molar-refractivity contribution in [2.24, 2.45) is 0 Å². The van der Waals surface area contributed by atoms with Crippen molar-refractivity contribution in [3.05, 3.63) is 41.1 Å². The summed E-state index contributed by atoms with van der Waals surface area (Å²) < 4.78 is 0. The van der Waals surface area contributed by atoms with Crippen LogP contribution in [0.15, 0.2) is 30.0 Å². The van der Waals surface area contributed by atoms with Crippen molar-refractivity contribution in [1.82, 2.24) is 5.32 Å². The molecule has 1 aromatic rings. The van der Waals surface area contributed by atoms with Crippen molar-refractivity contribution >= 4 is 11.6 Å². The zero-order chi connectivity index (χ0) is 16.7. The van der Waals surface area contributed by atoms with Crippen molar-refractivity contribution in [3.8, 4) is 6.07 Å². The molecule has 1 amide bonds. The second kappa shape index (κ2) is 8.20. The third-order valence-corrected chi connectivity index (χ3v) is 3.19. The van der Waals surface area contributed by atoms with Gasteiger partial charge < -0.3 is 15.7 Å². The SMILES string of the molecule is Cc1cccc(C(C)C)c1NC(=O)/C(C#N)=C\NCC(C)O. The van der Waals surface area contributed by atoms with Crippen LogP contribution in [0.1, 0.15) is 37.8 Å². The lowest BCUT2D eigenvalue weighted by Crippen LogP contribution is -2.22. The van der Waals surface area contributed by atoms with Crippen LogP contribution in [0.4, 0.5) is 5.69 Å². The highest BCUT2D eigenvalue weighted by molar-refractivity contribution is 6.07. The van der Waals surface area contributed by atoms with Gasteiger partial charge in [-0.3, -0.25) is 4.79 Å². The Morgan fingerprint density at radius 3 is 2.64 bits per heavy atom. The highest BCUT2D eigenvalue weighted by atomic mass is 16.3. The van der Waals surface area contributed by atoms with Crippen molar-refractivity contribution in [1.29, 1.82) is 5.26 Å². The van der Waals surface area contributed by atoms with Crippen molar-refractivity contribution in [2.75, 3.05) is 11.9 Å². The van der Waals surface area contributed by atoms with Crippen molar-refractivity contribution in [3.63, 3.8) is 0 Å². The normalized spacial score (nSPS) is 12.7. The molecule has 1 rings (SSSR count). The van der Waals surface area contributed by atoms with Crippen LogP contribution in [0.3, 0.4) is 0 Å². The molecule has 0 fully saturated rings. The molecule has 5 heteroatoms. The summed E-state index contributed by atoms with van der Waals surface area (Å²) in [6.07, 6.45) is 0.776. The van der Waals surface area contributed by atoms with Gasteiger partial charge in [0.2, 0.25) is 0 Å². The van der Waals surface area contributed by atoms with Gasteiger partial charge in [-0.1, -0.05) is 32.0 Å². The number of aliphatic hydroxyl groups is 1. The number of amides is 1. The summed E-state index contributed by atoms with van der Waals surface area (Å²) in [5.74, 6) is -0.199. The molecule has 0 radical (unpaired) electrons. The van der Waals surface area contributed by atoms with Gasteiger partial charge in [-0.05, 0) is 30.9 Å². The highest BCUT2D eigenvalue weighted by Gasteiger charge is 2.15. The molecular weight excluding hydrogens is 278 g/mol. The Bertz CT molecular complexity index is 598. The largest absolute Gasteiger partial charge is 0.392 e. The van der Waals surface area contributed by atoms with Crippen molar-refractivity contribution in [2.45, 2.75) is 39.7 Å². The van der Waals surface area contributed by atoms with Crippen LogP contribution in [-0.2, 0) is 4.79 Å². The standard InChI is InChI=1S/C17H23N3O2/c1-11(2)15-7-5-6-12(3)16(15)20-17(22)14(8-18)10-19-9-13(4)21/h5-7,10-11,13,19,21H,9H2,1-4H3,(H,20,22)/b14-10-. The van der Waals surface area contributed by atoms with E-state index in [1.54, 1.807) is 6.92 Å². The molecule has 0 aliphatic carbocycles. The number of aryl methyl sites for hydroxylation is 1. The smallest absolute Gasteiger partial charge is 0.267 e. The number of carbonyl (C=O) groups is 1. The van der Waals surface area contributed by atoms with E-state index in [0.717, 1.165) is 16.8 Å². The summed E-state index contributed by atoms with van der Waals surface area (Å²) in [6.45, 7) is 7.92. The zero-order valence-electron chi connectivity index (χ0n) is 13.5. The Morgan fingerprint density at radius 1 is 1.41 bits per heavy atom. The molecular formula is C17H23N3O2.